The van der Waals surface area contributed by atoms with Crippen molar-refractivity contribution >= 4 is 30.3 Å². The maximum atomic E-state index is 18.1. The monoisotopic (exact) mass is 996 g/mol. The molecule has 0 aromatic heterocycles. The normalized spacial score (nSPS) is 33.0. The summed E-state index contributed by atoms with van der Waals surface area (Å²) in [7, 11) is -5.70. The summed E-state index contributed by atoms with van der Waals surface area (Å²) in [6.07, 6.45) is 16.6. The van der Waals surface area contributed by atoms with Crippen molar-refractivity contribution in [3.05, 3.63) is 89.0 Å². The number of halogens is 1. The Labute approximate surface area is 411 Å². The fourth-order valence-corrected chi connectivity index (χ4v) is 15.3. The minimum atomic E-state index is -4.96. The zero-order valence-corrected chi connectivity index (χ0v) is 42.5. The second kappa shape index (κ2) is 22.2. The number of aliphatic hydroxyl groups excluding tert-OH is 2. The van der Waals surface area contributed by atoms with E-state index in [9.17, 15) is 29.4 Å². The molecule has 0 amide bonds. The number of rotatable bonds is 23. The molecule has 5 aliphatic carbocycles. The minimum absolute atomic E-state index is 0.0186. The van der Waals surface area contributed by atoms with Crippen LogP contribution in [-0.2, 0) is 51.4 Å². The molecule has 0 radical (unpaired) electrons. The third-order valence-corrected chi connectivity index (χ3v) is 18.9. The van der Waals surface area contributed by atoms with Crippen LogP contribution in [0.2, 0.25) is 0 Å². The van der Waals surface area contributed by atoms with Crippen molar-refractivity contribution in [1.82, 2.24) is 5.32 Å². The van der Waals surface area contributed by atoms with E-state index in [0.29, 0.717) is 36.0 Å². The first-order chi connectivity index (χ1) is 33.0. The number of unbranched alkanes of at least 4 members (excludes halogenated alkanes) is 4. The van der Waals surface area contributed by atoms with Gasteiger partial charge in [0, 0.05) is 48.0 Å². The highest BCUT2D eigenvalue weighted by molar-refractivity contribution is 7.96. The molecule has 69 heavy (non-hydrogen) atoms. The molecular formula is C54H76FNO11PS+. The van der Waals surface area contributed by atoms with Crippen LogP contribution in [0, 0.1) is 28.6 Å². The van der Waals surface area contributed by atoms with Gasteiger partial charge in [0.15, 0.2) is 29.1 Å². The van der Waals surface area contributed by atoms with Crippen molar-refractivity contribution in [1.29, 1.82) is 0 Å². The first-order valence-electron chi connectivity index (χ1n) is 25.6. The van der Waals surface area contributed by atoms with Gasteiger partial charge in [-0.15, -0.1) is 0 Å². The SMILES string of the molecule is C[S+](CC(=O)[C@@]12O[C@H](C3CCCCC3)O[C@@H]1C[C@H]1[C@@H]3CCC4=CC(=O)C=C[C@]4(C)[C@@]3(F)[C@@H](O)C[C@@]12C)Cc1cc(C(O)CNCCCCCCOCCCCc2ccccc2)ccc1OP(=O)(O)O. The van der Waals surface area contributed by atoms with Crippen molar-refractivity contribution < 1.29 is 57.3 Å². The Morgan fingerprint density at radius 2 is 1.72 bits per heavy atom. The molecule has 15 heteroatoms. The van der Waals surface area contributed by atoms with Crippen LogP contribution in [-0.4, -0.2) is 99.6 Å². The van der Waals surface area contributed by atoms with Gasteiger partial charge in [0.05, 0.1) is 24.6 Å². The van der Waals surface area contributed by atoms with Gasteiger partial charge in [0.25, 0.3) is 0 Å². The van der Waals surface area contributed by atoms with Gasteiger partial charge in [-0.2, -0.15) is 0 Å². The van der Waals surface area contributed by atoms with E-state index in [2.05, 4.69) is 29.6 Å². The molecule has 2 unspecified atom stereocenters. The van der Waals surface area contributed by atoms with Crippen LogP contribution in [0.25, 0.3) is 0 Å². The average Bonchev–Trinajstić information content (AvgIpc) is 3.82. The highest BCUT2D eigenvalue weighted by Crippen LogP contribution is 2.72. The van der Waals surface area contributed by atoms with Gasteiger partial charge in [-0.3, -0.25) is 19.4 Å². The lowest BCUT2D eigenvalue weighted by atomic mass is 9.44. The van der Waals surface area contributed by atoms with Crippen molar-refractivity contribution in [2.45, 2.75) is 158 Å². The van der Waals surface area contributed by atoms with Crippen molar-refractivity contribution in [2.24, 2.45) is 28.6 Å². The first-order valence-corrected chi connectivity index (χ1v) is 29.1. The number of aliphatic hydroxyl groups is 2. The zero-order chi connectivity index (χ0) is 49.0. The van der Waals surface area contributed by atoms with Crippen LogP contribution in [0.4, 0.5) is 4.39 Å². The Hall–Kier alpha value is -2.75. The Balaban J connectivity index is 0.898. The summed E-state index contributed by atoms with van der Waals surface area (Å²) >= 11 is 0. The van der Waals surface area contributed by atoms with E-state index in [1.807, 2.05) is 19.2 Å². The minimum Gasteiger partial charge on any atom is -0.404 e. The fourth-order valence-electron chi connectivity index (χ4n) is 13.3. The molecule has 1 aliphatic heterocycles. The highest BCUT2D eigenvalue weighted by Gasteiger charge is 2.80. The fraction of sp³-hybridized carbons (Fsp3) is 0.667. The van der Waals surface area contributed by atoms with Gasteiger partial charge in [-0.1, -0.05) is 87.1 Å². The van der Waals surface area contributed by atoms with Gasteiger partial charge in [-0.05, 0) is 136 Å². The Kier molecular flexibility index (Phi) is 16.9. The number of carbonyl (C=O) groups excluding carboxylic acids is 2. The smallest absolute Gasteiger partial charge is 0.404 e. The average molecular weight is 997 g/mol. The number of aryl methyl sites for hydroxylation is 1. The molecule has 5 N–H and O–H groups in total. The number of fused-ring (bicyclic) bond motifs is 7. The molecule has 1 saturated heterocycles. The number of allylic oxidation sites excluding steroid dienone is 4. The maximum Gasteiger partial charge on any atom is 0.524 e. The third kappa shape index (κ3) is 11.0. The second-order valence-electron chi connectivity index (χ2n) is 21.4. The molecule has 5 fully saturated rings. The van der Waals surface area contributed by atoms with E-state index in [1.165, 1.54) is 23.8 Å². The van der Waals surface area contributed by atoms with Gasteiger partial charge < -0.3 is 34.3 Å². The lowest BCUT2D eigenvalue weighted by Crippen LogP contribution is -2.70. The molecule has 6 aliphatic rings. The standard InChI is InChI=1S/C54H75FNO11PS/c1-51-26-25-42(57)31-41(51)22-23-43-44-32-49-54(52(44,2)33-47(59)53(43,51)55,66-50(65-49)38-19-10-7-11-20-38)48(60)36-69(3)35-40-30-39(21-24-46(40)67-68(61,62)63)45(58)34-56-27-13-4-5-14-28-64-29-15-12-18-37-16-8-6-9-17-37/h6,8-9,16-17,21,24-26,30-31,38,43-45,47,49-50,56,58-59H,4-5,7,10-15,18-20,22-23,27-29,32-36H2,1-3H3,(H-,61,62,63)/p+1/t43-,44-,45?,47-,49+,50+,51-,52-,53-,54+,69?/m0/s1. The molecule has 11 atom stereocenters. The van der Waals surface area contributed by atoms with Gasteiger partial charge in [-0.25, -0.2) is 8.96 Å². The molecule has 8 rings (SSSR count). The predicted molar refractivity (Wildman–Crippen MR) is 265 cm³/mol. The molecule has 2 aromatic carbocycles. The number of nitrogens with one attached hydrogen (secondary N) is 1. The van der Waals surface area contributed by atoms with Crippen LogP contribution >= 0.6 is 7.82 Å². The van der Waals surface area contributed by atoms with E-state index in [-0.39, 0.29) is 53.6 Å². The van der Waals surface area contributed by atoms with Crippen molar-refractivity contribution in [2.75, 3.05) is 38.3 Å². The second-order valence-corrected chi connectivity index (χ2v) is 24.7. The summed E-state index contributed by atoms with van der Waals surface area (Å²) in [5.74, 6) is -0.971. The number of benzene rings is 2. The van der Waals surface area contributed by atoms with E-state index < -0.39 is 71.3 Å². The van der Waals surface area contributed by atoms with Gasteiger partial charge >= 0.3 is 7.82 Å². The maximum absolute atomic E-state index is 18.1. The molecule has 4 saturated carbocycles. The number of carbonyl (C=O) groups is 2. The van der Waals surface area contributed by atoms with Gasteiger partial charge in [0.1, 0.15) is 11.5 Å². The molecule has 1 heterocycles. The number of hydrogen-bond acceptors (Lipinski definition) is 10. The van der Waals surface area contributed by atoms with E-state index >= 15 is 9.18 Å². The van der Waals surface area contributed by atoms with E-state index in [4.69, 9.17) is 18.7 Å². The Morgan fingerprint density at radius 1 is 0.986 bits per heavy atom. The number of hydrogen-bond donors (Lipinski definition) is 5. The third-order valence-electron chi connectivity index (χ3n) is 16.9. The number of phosphoric ester groups is 1. The quantitative estimate of drug-likeness (QED) is 0.0407. The summed E-state index contributed by atoms with van der Waals surface area (Å²) in [4.78, 5) is 47.6. The number of phosphoric acid groups is 1. The molecule has 12 nitrogen and oxygen atoms in total. The number of ether oxygens (including phenoxy) is 3. The van der Waals surface area contributed by atoms with Gasteiger partial charge in [0.2, 0.25) is 5.78 Å². The number of Topliss-reactive ketones (excluding diaryl/α,β-unsaturated/α-hetero) is 1. The van der Waals surface area contributed by atoms with Crippen LogP contribution in [0.5, 0.6) is 5.75 Å². The topological polar surface area (TPSA) is 181 Å². The van der Waals surface area contributed by atoms with E-state index in [0.717, 1.165) is 96.8 Å². The first kappa shape index (κ1) is 52.6. The molecular weight excluding hydrogens is 921 g/mol. The van der Waals surface area contributed by atoms with Crippen LogP contribution < -0.4 is 9.84 Å². The number of ketones is 2. The summed E-state index contributed by atoms with van der Waals surface area (Å²) in [6.45, 7) is 6.32. The highest BCUT2D eigenvalue weighted by atomic mass is 32.2. The van der Waals surface area contributed by atoms with Crippen molar-refractivity contribution in [3.8, 4) is 5.75 Å². The summed E-state index contributed by atoms with van der Waals surface area (Å²) < 4.78 is 55.3. The van der Waals surface area contributed by atoms with Crippen LogP contribution in [0.3, 0.4) is 0 Å². The van der Waals surface area contributed by atoms with E-state index in [1.54, 1.807) is 25.1 Å². The Morgan fingerprint density at radius 3 is 2.48 bits per heavy atom. The van der Waals surface area contributed by atoms with Crippen molar-refractivity contribution in [3.63, 3.8) is 0 Å². The summed E-state index contributed by atoms with van der Waals surface area (Å²) in [5.41, 5.74) is -2.62. The molecule has 0 spiro atoms. The zero-order valence-electron chi connectivity index (χ0n) is 40.8. The summed E-state index contributed by atoms with van der Waals surface area (Å²) in [5, 5.41) is 26.8. The molecule has 0 bridgehead atoms. The van der Waals surface area contributed by atoms with Crippen LogP contribution in [0.1, 0.15) is 133 Å². The largest absolute Gasteiger partial charge is 0.524 e. The predicted octanol–water partition coefficient (Wildman–Crippen LogP) is 8.74. The molecule has 2 aromatic rings. The molecule has 380 valence electrons. The van der Waals surface area contributed by atoms with Crippen LogP contribution in [0.15, 0.2) is 72.3 Å². The Bertz CT molecular complexity index is 2220. The number of alkyl halides is 1. The lowest BCUT2D eigenvalue weighted by Gasteiger charge is -2.62. The summed E-state index contributed by atoms with van der Waals surface area (Å²) in [6, 6.07) is 15.3. The lowest BCUT2D eigenvalue weighted by molar-refractivity contribution is -0.234.